The molecule has 3 rings (SSSR count). The molecule has 0 aromatic carbocycles. The van der Waals surface area contributed by atoms with E-state index in [2.05, 4.69) is 28.6 Å². The normalized spacial score (nSPS) is 29.8. The van der Waals surface area contributed by atoms with E-state index < -0.39 is 0 Å². The summed E-state index contributed by atoms with van der Waals surface area (Å²) in [5, 5.41) is 5.92. The summed E-state index contributed by atoms with van der Waals surface area (Å²) in [6.45, 7) is 7.25. The van der Waals surface area contributed by atoms with Gasteiger partial charge in [-0.3, -0.25) is 4.90 Å². The molecule has 2 atom stereocenters. The summed E-state index contributed by atoms with van der Waals surface area (Å²) in [7, 11) is 0. The molecule has 0 radical (unpaired) electrons. The Morgan fingerprint density at radius 1 is 1.39 bits per heavy atom. The van der Waals surface area contributed by atoms with Crippen molar-refractivity contribution in [2.24, 2.45) is 5.92 Å². The summed E-state index contributed by atoms with van der Waals surface area (Å²) in [6.07, 6.45) is 5.59. The van der Waals surface area contributed by atoms with Crippen molar-refractivity contribution in [3.8, 4) is 0 Å². The van der Waals surface area contributed by atoms with Crippen LogP contribution in [0.1, 0.15) is 36.1 Å². The van der Waals surface area contributed by atoms with Crippen LogP contribution in [0.25, 0.3) is 0 Å². The highest BCUT2D eigenvalue weighted by Gasteiger charge is 2.29. The van der Waals surface area contributed by atoms with Gasteiger partial charge in [-0.15, -0.1) is 11.3 Å². The molecule has 1 N–H and O–H groups in total. The fourth-order valence-electron chi connectivity index (χ4n) is 3.45. The number of piperidine rings is 1. The van der Waals surface area contributed by atoms with E-state index in [1.165, 1.54) is 57.4 Å². The molecule has 1 aromatic rings. The van der Waals surface area contributed by atoms with Crippen molar-refractivity contribution in [3.63, 3.8) is 0 Å². The minimum Gasteiger partial charge on any atom is -0.314 e. The number of rotatable bonds is 3. The van der Waals surface area contributed by atoms with Gasteiger partial charge in [-0.1, -0.05) is 0 Å². The van der Waals surface area contributed by atoms with Crippen molar-refractivity contribution in [2.45, 2.75) is 45.2 Å². The Morgan fingerprint density at radius 2 is 2.33 bits per heavy atom. The van der Waals surface area contributed by atoms with E-state index in [9.17, 15) is 0 Å². The van der Waals surface area contributed by atoms with Crippen LogP contribution in [0.4, 0.5) is 0 Å². The van der Waals surface area contributed by atoms with E-state index in [1.54, 1.807) is 4.88 Å². The van der Waals surface area contributed by atoms with Crippen molar-refractivity contribution >= 4 is 11.3 Å². The number of nitrogens with zero attached hydrogens (tertiary/aromatic N) is 1. The van der Waals surface area contributed by atoms with Crippen LogP contribution in [-0.4, -0.2) is 30.6 Å². The van der Waals surface area contributed by atoms with E-state index >= 15 is 0 Å². The zero-order chi connectivity index (χ0) is 12.4. The minimum atomic E-state index is 0.803. The van der Waals surface area contributed by atoms with Crippen molar-refractivity contribution in [1.29, 1.82) is 0 Å². The summed E-state index contributed by atoms with van der Waals surface area (Å²) in [6, 6.07) is 3.05. The summed E-state index contributed by atoms with van der Waals surface area (Å²) in [5.74, 6) is 0.890. The van der Waals surface area contributed by atoms with Gasteiger partial charge in [0.2, 0.25) is 0 Å². The minimum absolute atomic E-state index is 0.803. The molecule has 0 aliphatic carbocycles. The van der Waals surface area contributed by atoms with Crippen molar-refractivity contribution in [3.05, 3.63) is 21.9 Å². The van der Waals surface area contributed by atoms with Gasteiger partial charge in [0.05, 0.1) is 0 Å². The lowest BCUT2D eigenvalue weighted by molar-refractivity contribution is 0.146. The molecule has 0 amide bonds. The maximum atomic E-state index is 3.69. The van der Waals surface area contributed by atoms with E-state index in [0.717, 1.165) is 12.0 Å². The molecular weight excluding hydrogens is 240 g/mol. The third-order valence-corrected chi connectivity index (χ3v) is 5.55. The van der Waals surface area contributed by atoms with E-state index in [4.69, 9.17) is 0 Å². The van der Waals surface area contributed by atoms with Crippen LogP contribution in [-0.2, 0) is 6.54 Å². The smallest absolute Gasteiger partial charge is 0.0330 e. The Bertz CT molecular complexity index is 382. The number of hydrogen-bond acceptors (Lipinski definition) is 3. The highest BCUT2D eigenvalue weighted by Crippen LogP contribution is 2.27. The van der Waals surface area contributed by atoms with E-state index in [1.807, 2.05) is 11.3 Å². The van der Waals surface area contributed by atoms with Gasteiger partial charge in [0.15, 0.2) is 0 Å². The molecule has 3 heteroatoms. The van der Waals surface area contributed by atoms with Crippen LogP contribution in [0.3, 0.4) is 0 Å². The molecule has 3 heterocycles. The first-order valence-electron chi connectivity index (χ1n) is 7.31. The molecule has 100 valence electrons. The van der Waals surface area contributed by atoms with Gasteiger partial charge in [-0.25, -0.2) is 0 Å². The zero-order valence-electron chi connectivity index (χ0n) is 11.3. The third-order valence-electron chi connectivity index (χ3n) is 4.54. The maximum absolute atomic E-state index is 3.69. The Hall–Kier alpha value is -0.380. The van der Waals surface area contributed by atoms with Gasteiger partial charge < -0.3 is 5.32 Å². The Balaban J connectivity index is 1.58. The Labute approximate surface area is 114 Å². The molecular formula is C15H24N2S. The monoisotopic (exact) mass is 264 g/mol. The summed E-state index contributed by atoms with van der Waals surface area (Å²) in [4.78, 5) is 4.24. The number of hydrogen-bond donors (Lipinski definition) is 1. The molecule has 2 unspecified atom stereocenters. The Kier molecular flexibility index (Phi) is 4.02. The lowest BCUT2D eigenvalue weighted by Crippen LogP contribution is -2.43. The lowest BCUT2D eigenvalue weighted by Gasteiger charge is -2.35. The molecule has 0 bridgehead atoms. The van der Waals surface area contributed by atoms with Gasteiger partial charge in [0, 0.05) is 24.0 Å². The molecule has 2 aliphatic rings. The first-order valence-corrected chi connectivity index (χ1v) is 8.19. The zero-order valence-corrected chi connectivity index (χ0v) is 12.1. The van der Waals surface area contributed by atoms with Crippen molar-refractivity contribution in [1.82, 2.24) is 10.2 Å². The maximum Gasteiger partial charge on any atom is 0.0330 e. The van der Waals surface area contributed by atoms with Crippen molar-refractivity contribution in [2.75, 3.05) is 19.6 Å². The van der Waals surface area contributed by atoms with Crippen LogP contribution in [0, 0.1) is 12.8 Å². The number of aryl methyl sites for hydroxylation is 1. The summed E-state index contributed by atoms with van der Waals surface area (Å²) < 4.78 is 0. The van der Waals surface area contributed by atoms with E-state index in [-0.39, 0.29) is 0 Å². The van der Waals surface area contributed by atoms with Crippen LogP contribution in [0.5, 0.6) is 0 Å². The quantitative estimate of drug-likeness (QED) is 0.903. The third kappa shape index (κ3) is 2.79. The van der Waals surface area contributed by atoms with Crippen LogP contribution in [0.15, 0.2) is 11.4 Å². The van der Waals surface area contributed by atoms with Crippen LogP contribution >= 0.6 is 11.3 Å². The number of nitrogens with one attached hydrogen (secondary N) is 1. The molecule has 18 heavy (non-hydrogen) atoms. The molecule has 1 aromatic heterocycles. The second kappa shape index (κ2) is 5.72. The molecule has 2 saturated heterocycles. The van der Waals surface area contributed by atoms with Gasteiger partial charge >= 0.3 is 0 Å². The number of thiophene rings is 1. The van der Waals surface area contributed by atoms with Gasteiger partial charge in [-0.2, -0.15) is 0 Å². The standard InChI is InChI=1S/C15H24N2S/c1-12-6-9-18-15(12)11-17-8-3-4-13(10-17)14-5-2-7-16-14/h6,9,13-14,16H,2-5,7-8,10-11H2,1H3. The summed E-state index contributed by atoms with van der Waals surface area (Å²) in [5.41, 5.74) is 1.47. The SMILES string of the molecule is Cc1ccsc1CN1CCCC(C2CCCN2)C1. The molecule has 0 spiro atoms. The van der Waals surface area contributed by atoms with Crippen LogP contribution in [0.2, 0.25) is 0 Å². The van der Waals surface area contributed by atoms with Gasteiger partial charge in [0.25, 0.3) is 0 Å². The Morgan fingerprint density at radius 3 is 3.06 bits per heavy atom. The fourth-order valence-corrected chi connectivity index (χ4v) is 4.39. The average molecular weight is 264 g/mol. The highest BCUT2D eigenvalue weighted by atomic mass is 32.1. The van der Waals surface area contributed by atoms with Gasteiger partial charge in [0.1, 0.15) is 0 Å². The highest BCUT2D eigenvalue weighted by molar-refractivity contribution is 7.10. The van der Waals surface area contributed by atoms with Crippen LogP contribution < -0.4 is 5.32 Å². The molecule has 0 saturated carbocycles. The van der Waals surface area contributed by atoms with Gasteiger partial charge in [-0.05, 0) is 68.6 Å². The van der Waals surface area contributed by atoms with Crippen molar-refractivity contribution < 1.29 is 0 Å². The predicted octanol–water partition coefficient (Wildman–Crippen LogP) is 3.02. The summed E-state index contributed by atoms with van der Waals surface area (Å²) >= 11 is 1.92. The average Bonchev–Trinajstić information content (AvgIpc) is 3.02. The second-order valence-corrected chi connectivity index (χ2v) is 6.87. The second-order valence-electron chi connectivity index (χ2n) is 5.87. The van der Waals surface area contributed by atoms with E-state index in [0.29, 0.717) is 0 Å². The molecule has 2 fully saturated rings. The fraction of sp³-hybridized carbons (Fsp3) is 0.733. The molecule has 2 nitrogen and oxygen atoms in total. The first kappa shape index (κ1) is 12.6. The lowest BCUT2D eigenvalue weighted by atomic mass is 9.90. The predicted molar refractivity (Wildman–Crippen MR) is 78.1 cm³/mol. The number of likely N-dealkylation sites (tertiary alicyclic amines) is 1. The molecule has 2 aliphatic heterocycles. The largest absolute Gasteiger partial charge is 0.314 e. The topological polar surface area (TPSA) is 15.3 Å². The first-order chi connectivity index (χ1) is 8.83.